The van der Waals surface area contributed by atoms with Crippen LogP contribution in [-0.2, 0) is 6.42 Å². The van der Waals surface area contributed by atoms with Crippen LogP contribution in [0, 0.1) is 5.92 Å². The fourth-order valence-corrected chi connectivity index (χ4v) is 3.10. The van der Waals surface area contributed by atoms with E-state index in [0.29, 0.717) is 0 Å². The second kappa shape index (κ2) is 7.65. The van der Waals surface area contributed by atoms with Crippen molar-refractivity contribution in [3.05, 3.63) is 29.8 Å². The SMILES string of the molecule is CCCCC(CC)CC(NN)C1Cc2ccccc2O1. The van der Waals surface area contributed by atoms with Crippen molar-refractivity contribution in [2.24, 2.45) is 11.8 Å². The van der Waals surface area contributed by atoms with Gasteiger partial charge in [0.05, 0.1) is 6.04 Å². The molecule has 1 aliphatic heterocycles. The Morgan fingerprint density at radius 2 is 2.15 bits per heavy atom. The van der Waals surface area contributed by atoms with Gasteiger partial charge in [0.25, 0.3) is 0 Å². The maximum Gasteiger partial charge on any atom is 0.123 e. The van der Waals surface area contributed by atoms with Gasteiger partial charge in [0.15, 0.2) is 0 Å². The van der Waals surface area contributed by atoms with Gasteiger partial charge in [0, 0.05) is 6.42 Å². The van der Waals surface area contributed by atoms with Crippen molar-refractivity contribution in [3.8, 4) is 5.75 Å². The van der Waals surface area contributed by atoms with E-state index < -0.39 is 0 Å². The molecule has 3 N–H and O–H groups in total. The van der Waals surface area contributed by atoms with Gasteiger partial charge in [-0.05, 0) is 24.0 Å². The zero-order valence-corrected chi connectivity index (χ0v) is 12.8. The molecule has 3 unspecified atom stereocenters. The van der Waals surface area contributed by atoms with Crippen LogP contribution in [0.15, 0.2) is 24.3 Å². The first-order chi connectivity index (χ1) is 9.78. The van der Waals surface area contributed by atoms with Crippen LogP contribution in [0.1, 0.15) is 51.5 Å². The largest absolute Gasteiger partial charge is 0.488 e. The van der Waals surface area contributed by atoms with E-state index >= 15 is 0 Å². The van der Waals surface area contributed by atoms with Crippen LogP contribution in [0.3, 0.4) is 0 Å². The van der Waals surface area contributed by atoms with Gasteiger partial charge in [-0.2, -0.15) is 0 Å². The molecule has 2 rings (SSSR count). The predicted octanol–water partition coefficient (Wildman–Crippen LogP) is 3.43. The lowest BCUT2D eigenvalue weighted by atomic mass is 9.89. The van der Waals surface area contributed by atoms with Crippen LogP contribution in [0.25, 0.3) is 0 Å². The summed E-state index contributed by atoms with van der Waals surface area (Å²) in [4.78, 5) is 0. The van der Waals surface area contributed by atoms with Gasteiger partial charge in [-0.15, -0.1) is 0 Å². The molecule has 112 valence electrons. The minimum absolute atomic E-state index is 0.174. The Kier molecular flexibility index (Phi) is 5.86. The normalized spacial score (nSPS) is 20.2. The highest BCUT2D eigenvalue weighted by Gasteiger charge is 2.30. The van der Waals surface area contributed by atoms with Gasteiger partial charge in [0.2, 0.25) is 0 Å². The minimum Gasteiger partial charge on any atom is -0.488 e. The number of para-hydroxylation sites is 1. The molecule has 3 atom stereocenters. The maximum atomic E-state index is 6.07. The molecule has 0 saturated carbocycles. The summed E-state index contributed by atoms with van der Waals surface area (Å²) in [5.74, 6) is 7.56. The number of nitrogens with two attached hydrogens (primary N) is 1. The lowest BCUT2D eigenvalue weighted by Gasteiger charge is -2.26. The molecule has 0 fully saturated rings. The average Bonchev–Trinajstić information content (AvgIpc) is 2.91. The second-order valence-electron chi connectivity index (χ2n) is 5.89. The molecule has 3 heteroatoms. The molecule has 0 aliphatic carbocycles. The Morgan fingerprint density at radius 1 is 1.35 bits per heavy atom. The van der Waals surface area contributed by atoms with E-state index in [0.717, 1.165) is 24.5 Å². The summed E-state index contributed by atoms with van der Waals surface area (Å²) in [6.07, 6.45) is 7.33. The molecule has 0 radical (unpaired) electrons. The smallest absolute Gasteiger partial charge is 0.123 e. The summed E-state index contributed by atoms with van der Waals surface area (Å²) in [7, 11) is 0. The number of rotatable bonds is 8. The molecular formula is C17H28N2O. The predicted molar refractivity (Wildman–Crippen MR) is 83.6 cm³/mol. The van der Waals surface area contributed by atoms with Gasteiger partial charge in [-0.25, -0.2) is 0 Å². The quantitative estimate of drug-likeness (QED) is 0.565. The molecule has 1 aliphatic rings. The summed E-state index contributed by atoms with van der Waals surface area (Å²) < 4.78 is 6.07. The van der Waals surface area contributed by atoms with E-state index in [1.165, 1.54) is 31.2 Å². The number of nitrogens with one attached hydrogen (secondary N) is 1. The van der Waals surface area contributed by atoms with Crippen molar-refractivity contribution in [3.63, 3.8) is 0 Å². The Hall–Kier alpha value is -1.06. The van der Waals surface area contributed by atoms with Crippen LogP contribution in [0.4, 0.5) is 0 Å². The molecular weight excluding hydrogens is 248 g/mol. The standard InChI is InChI=1S/C17H28N2O/c1-3-5-8-13(4-2)11-15(19-18)17-12-14-9-6-7-10-16(14)20-17/h6-7,9-10,13,15,17,19H,3-5,8,11-12,18H2,1-2H3. The molecule has 0 spiro atoms. The van der Waals surface area contributed by atoms with Crippen molar-refractivity contribution in [2.45, 2.75) is 64.5 Å². The van der Waals surface area contributed by atoms with Crippen LogP contribution in [0.2, 0.25) is 0 Å². The van der Waals surface area contributed by atoms with Gasteiger partial charge < -0.3 is 4.74 Å². The summed E-state index contributed by atoms with van der Waals surface area (Å²) in [6.45, 7) is 4.53. The van der Waals surface area contributed by atoms with Gasteiger partial charge in [-0.3, -0.25) is 11.3 Å². The third-order valence-corrected chi connectivity index (χ3v) is 4.47. The Balaban J connectivity index is 1.93. The monoisotopic (exact) mass is 276 g/mol. The highest BCUT2D eigenvalue weighted by Crippen LogP contribution is 2.31. The summed E-state index contributed by atoms with van der Waals surface area (Å²) in [5, 5.41) is 0. The van der Waals surface area contributed by atoms with E-state index in [-0.39, 0.29) is 12.1 Å². The highest BCUT2D eigenvalue weighted by atomic mass is 16.5. The second-order valence-corrected chi connectivity index (χ2v) is 5.89. The van der Waals surface area contributed by atoms with Crippen LogP contribution in [0.5, 0.6) is 5.75 Å². The summed E-state index contributed by atoms with van der Waals surface area (Å²) >= 11 is 0. The van der Waals surface area contributed by atoms with E-state index in [2.05, 4.69) is 37.5 Å². The lowest BCUT2D eigenvalue weighted by molar-refractivity contribution is 0.156. The number of ether oxygens (including phenoxy) is 1. The summed E-state index contributed by atoms with van der Waals surface area (Å²) in [5.41, 5.74) is 4.30. The highest BCUT2D eigenvalue weighted by molar-refractivity contribution is 5.37. The van der Waals surface area contributed by atoms with Crippen molar-refractivity contribution >= 4 is 0 Å². The first-order valence-electron chi connectivity index (χ1n) is 7.99. The number of hydrogen-bond acceptors (Lipinski definition) is 3. The Bertz CT molecular complexity index is 383. The van der Waals surface area contributed by atoms with Gasteiger partial charge >= 0.3 is 0 Å². The van der Waals surface area contributed by atoms with Crippen LogP contribution < -0.4 is 16.0 Å². The third-order valence-electron chi connectivity index (χ3n) is 4.47. The van der Waals surface area contributed by atoms with E-state index in [1.807, 2.05) is 6.07 Å². The van der Waals surface area contributed by atoms with Crippen LogP contribution in [-0.4, -0.2) is 12.1 Å². The molecule has 0 bridgehead atoms. The Labute approximate surface area is 122 Å². The lowest BCUT2D eigenvalue weighted by Crippen LogP contribution is -2.47. The first-order valence-corrected chi connectivity index (χ1v) is 7.99. The van der Waals surface area contributed by atoms with Crippen molar-refractivity contribution in [2.75, 3.05) is 0 Å². The minimum atomic E-state index is 0.174. The average molecular weight is 276 g/mol. The van der Waals surface area contributed by atoms with Gasteiger partial charge in [0.1, 0.15) is 11.9 Å². The molecule has 0 aromatic heterocycles. The van der Waals surface area contributed by atoms with Gasteiger partial charge in [-0.1, -0.05) is 57.7 Å². The van der Waals surface area contributed by atoms with Crippen LogP contribution >= 0.6 is 0 Å². The number of hydrazine groups is 1. The fourth-order valence-electron chi connectivity index (χ4n) is 3.10. The maximum absolute atomic E-state index is 6.07. The third kappa shape index (κ3) is 3.74. The zero-order chi connectivity index (χ0) is 14.4. The van der Waals surface area contributed by atoms with Crippen molar-refractivity contribution in [1.82, 2.24) is 5.43 Å². The van der Waals surface area contributed by atoms with E-state index in [1.54, 1.807) is 0 Å². The first kappa shape index (κ1) is 15.3. The molecule has 1 aromatic rings. The summed E-state index contributed by atoms with van der Waals surface area (Å²) in [6, 6.07) is 8.55. The zero-order valence-electron chi connectivity index (χ0n) is 12.8. The number of benzene rings is 1. The fraction of sp³-hybridized carbons (Fsp3) is 0.647. The topological polar surface area (TPSA) is 47.3 Å². The number of unbranched alkanes of at least 4 members (excludes halogenated alkanes) is 1. The Morgan fingerprint density at radius 3 is 2.80 bits per heavy atom. The molecule has 1 heterocycles. The van der Waals surface area contributed by atoms with E-state index in [9.17, 15) is 0 Å². The molecule has 0 saturated heterocycles. The molecule has 0 amide bonds. The number of fused-ring (bicyclic) bond motifs is 1. The molecule has 1 aromatic carbocycles. The number of hydrogen-bond donors (Lipinski definition) is 2. The molecule has 20 heavy (non-hydrogen) atoms. The molecule has 3 nitrogen and oxygen atoms in total. The van der Waals surface area contributed by atoms with Crippen molar-refractivity contribution in [1.29, 1.82) is 0 Å². The van der Waals surface area contributed by atoms with Crippen molar-refractivity contribution < 1.29 is 4.74 Å². The van der Waals surface area contributed by atoms with E-state index in [4.69, 9.17) is 10.6 Å².